The van der Waals surface area contributed by atoms with Gasteiger partial charge in [-0.3, -0.25) is 9.89 Å². The van der Waals surface area contributed by atoms with Gasteiger partial charge in [-0.05, 0) is 48.5 Å². The van der Waals surface area contributed by atoms with Gasteiger partial charge in [0.05, 0.1) is 11.9 Å². The first-order valence-corrected chi connectivity index (χ1v) is 7.95. The van der Waals surface area contributed by atoms with Crippen LogP contribution >= 0.6 is 15.9 Å². The number of carbonyl (C=O) groups is 1. The lowest BCUT2D eigenvalue weighted by atomic mass is 10.1. The van der Waals surface area contributed by atoms with E-state index in [2.05, 4.69) is 36.7 Å². The molecule has 0 saturated carbocycles. The molecule has 3 N–H and O–H groups in total. The second kappa shape index (κ2) is 7.27. The molecular weight excluding hydrogens is 391 g/mol. The summed E-state index contributed by atoms with van der Waals surface area (Å²) in [6.07, 6.45) is 1.33. The average Bonchev–Trinajstić information content (AvgIpc) is 3.08. The number of benzene rings is 2. The predicted octanol–water partition coefficient (Wildman–Crippen LogP) is 3.45. The van der Waals surface area contributed by atoms with Gasteiger partial charge in [0.25, 0.3) is 5.91 Å². The number of nitrogens with zero attached hydrogens (tertiary/aromatic N) is 2. The van der Waals surface area contributed by atoms with E-state index < -0.39 is 5.91 Å². The Morgan fingerprint density at radius 2 is 2.00 bits per heavy atom. The lowest BCUT2D eigenvalue weighted by molar-refractivity contribution is 0.0950. The highest BCUT2D eigenvalue weighted by Gasteiger charge is 2.10. The van der Waals surface area contributed by atoms with Gasteiger partial charge in [0, 0.05) is 15.6 Å². The maximum absolute atomic E-state index is 12.9. The lowest BCUT2D eigenvalue weighted by Gasteiger charge is -1.99. The lowest BCUT2D eigenvalue weighted by Crippen LogP contribution is -2.18. The number of aromatic hydroxyl groups is 1. The molecule has 0 radical (unpaired) electrons. The van der Waals surface area contributed by atoms with Gasteiger partial charge < -0.3 is 5.11 Å². The highest BCUT2D eigenvalue weighted by atomic mass is 79.9. The van der Waals surface area contributed by atoms with Crippen LogP contribution in [0.4, 0.5) is 4.39 Å². The average molecular weight is 403 g/mol. The molecule has 6 nitrogen and oxygen atoms in total. The largest absolute Gasteiger partial charge is 0.507 e. The topological polar surface area (TPSA) is 90.4 Å². The molecule has 0 aliphatic heterocycles. The van der Waals surface area contributed by atoms with Crippen molar-refractivity contribution in [2.45, 2.75) is 0 Å². The molecule has 0 unspecified atom stereocenters. The van der Waals surface area contributed by atoms with E-state index >= 15 is 0 Å². The first kappa shape index (κ1) is 16.8. The molecule has 3 rings (SSSR count). The van der Waals surface area contributed by atoms with Crippen molar-refractivity contribution in [2.24, 2.45) is 5.10 Å². The quantitative estimate of drug-likeness (QED) is 0.461. The van der Waals surface area contributed by atoms with Crippen LogP contribution < -0.4 is 5.43 Å². The Morgan fingerprint density at radius 1 is 1.24 bits per heavy atom. The van der Waals surface area contributed by atoms with Gasteiger partial charge in [0.1, 0.15) is 17.3 Å². The molecule has 0 aliphatic carbocycles. The zero-order chi connectivity index (χ0) is 17.8. The Balaban J connectivity index is 1.69. The fourth-order valence-electron chi connectivity index (χ4n) is 2.06. The van der Waals surface area contributed by atoms with E-state index in [1.807, 2.05) is 0 Å². The molecule has 1 amide bonds. The molecule has 0 aliphatic rings. The Kier molecular flexibility index (Phi) is 4.90. The summed E-state index contributed by atoms with van der Waals surface area (Å²) in [6, 6.07) is 12.2. The van der Waals surface area contributed by atoms with Gasteiger partial charge >= 0.3 is 0 Å². The number of phenols is 1. The summed E-state index contributed by atoms with van der Waals surface area (Å²) in [6.45, 7) is 0. The van der Waals surface area contributed by atoms with Gasteiger partial charge in [-0.25, -0.2) is 9.82 Å². The van der Waals surface area contributed by atoms with Crippen molar-refractivity contribution in [2.75, 3.05) is 0 Å². The number of phenolic OH excluding ortho intramolecular Hbond substituents is 1. The van der Waals surface area contributed by atoms with Gasteiger partial charge in [0.2, 0.25) is 0 Å². The number of hydrazone groups is 1. The molecule has 8 heteroatoms. The summed E-state index contributed by atoms with van der Waals surface area (Å²) in [5.41, 5.74) is 4.19. The summed E-state index contributed by atoms with van der Waals surface area (Å²) < 4.78 is 13.7. The highest BCUT2D eigenvalue weighted by molar-refractivity contribution is 9.10. The maximum Gasteiger partial charge on any atom is 0.289 e. The minimum Gasteiger partial charge on any atom is -0.507 e. The van der Waals surface area contributed by atoms with E-state index in [1.165, 1.54) is 30.5 Å². The van der Waals surface area contributed by atoms with E-state index in [1.54, 1.807) is 24.3 Å². The Bertz CT molecular complexity index is 938. The number of aromatic amines is 1. The van der Waals surface area contributed by atoms with E-state index in [9.17, 15) is 14.3 Å². The van der Waals surface area contributed by atoms with Crippen LogP contribution in [0.25, 0.3) is 11.3 Å². The van der Waals surface area contributed by atoms with Crippen LogP contribution in [0.3, 0.4) is 0 Å². The summed E-state index contributed by atoms with van der Waals surface area (Å²) in [7, 11) is 0. The SMILES string of the molecule is O=C(NN=Cc1cc(Br)ccc1O)c1cc(-c2ccc(F)cc2)n[nH]1. The summed E-state index contributed by atoms with van der Waals surface area (Å²) in [5.74, 6) is -0.796. The van der Waals surface area contributed by atoms with Crippen molar-refractivity contribution in [3.05, 3.63) is 70.1 Å². The number of hydrogen-bond donors (Lipinski definition) is 3. The molecule has 1 aromatic heterocycles. The molecule has 1 heterocycles. The van der Waals surface area contributed by atoms with Crippen LogP contribution in [-0.2, 0) is 0 Å². The number of amides is 1. The smallest absolute Gasteiger partial charge is 0.289 e. The maximum atomic E-state index is 12.9. The van der Waals surface area contributed by atoms with Crippen molar-refractivity contribution < 1.29 is 14.3 Å². The Hall–Kier alpha value is -3.00. The molecule has 0 spiro atoms. The van der Waals surface area contributed by atoms with Crippen molar-refractivity contribution in [1.29, 1.82) is 0 Å². The van der Waals surface area contributed by atoms with Crippen LogP contribution in [0.5, 0.6) is 5.75 Å². The van der Waals surface area contributed by atoms with Crippen LogP contribution in [0.1, 0.15) is 16.1 Å². The molecule has 126 valence electrons. The number of rotatable bonds is 4. The Morgan fingerprint density at radius 3 is 2.76 bits per heavy atom. The molecule has 0 bridgehead atoms. The monoisotopic (exact) mass is 402 g/mol. The molecular formula is C17H12BrFN4O2. The molecule has 3 aromatic rings. The first-order valence-electron chi connectivity index (χ1n) is 7.16. The van der Waals surface area contributed by atoms with Crippen LogP contribution in [0, 0.1) is 5.82 Å². The van der Waals surface area contributed by atoms with Crippen LogP contribution in [0.2, 0.25) is 0 Å². The second-order valence-electron chi connectivity index (χ2n) is 5.08. The molecule has 0 fully saturated rings. The minimum absolute atomic E-state index is 0.0429. The van der Waals surface area contributed by atoms with Crippen LogP contribution in [-0.4, -0.2) is 27.4 Å². The fourth-order valence-corrected chi connectivity index (χ4v) is 2.43. The fraction of sp³-hybridized carbons (Fsp3) is 0. The van der Waals surface area contributed by atoms with Gasteiger partial charge in [-0.15, -0.1) is 0 Å². The normalized spacial score (nSPS) is 11.0. The van der Waals surface area contributed by atoms with Crippen molar-refractivity contribution in [3.63, 3.8) is 0 Å². The molecule has 0 saturated heterocycles. The van der Waals surface area contributed by atoms with Crippen LogP contribution in [0.15, 0.2) is 58.1 Å². The number of nitrogens with one attached hydrogen (secondary N) is 2. The number of halogens is 2. The predicted molar refractivity (Wildman–Crippen MR) is 94.8 cm³/mol. The van der Waals surface area contributed by atoms with Crippen molar-refractivity contribution in [3.8, 4) is 17.0 Å². The third-order valence-corrected chi connectivity index (χ3v) is 3.82. The Labute approximate surface area is 150 Å². The summed E-state index contributed by atoms with van der Waals surface area (Å²) in [5, 5.41) is 20.1. The van der Waals surface area contributed by atoms with Gasteiger partial charge in [-0.1, -0.05) is 15.9 Å². The highest BCUT2D eigenvalue weighted by Crippen LogP contribution is 2.20. The van der Waals surface area contributed by atoms with Gasteiger partial charge in [0.15, 0.2) is 0 Å². The first-order chi connectivity index (χ1) is 12.0. The zero-order valence-electron chi connectivity index (χ0n) is 12.7. The second-order valence-corrected chi connectivity index (χ2v) is 5.99. The van der Waals surface area contributed by atoms with Gasteiger partial charge in [-0.2, -0.15) is 10.2 Å². The van der Waals surface area contributed by atoms with E-state index in [0.717, 1.165) is 4.47 Å². The summed E-state index contributed by atoms with van der Waals surface area (Å²) >= 11 is 3.29. The number of H-pyrrole nitrogens is 1. The number of aromatic nitrogens is 2. The van der Waals surface area contributed by atoms with E-state index in [0.29, 0.717) is 16.8 Å². The van der Waals surface area contributed by atoms with E-state index in [-0.39, 0.29) is 17.3 Å². The molecule has 2 aromatic carbocycles. The number of hydrogen-bond acceptors (Lipinski definition) is 4. The van der Waals surface area contributed by atoms with E-state index in [4.69, 9.17) is 0 Å². The standard InChI is InChI=1S/C17H12BrFN4O2/c18-12-3-6-16(24)11(7-12)9-20-23-17(25)15-8-14(21-22-15)10-1-4-13(19)5-2-10/h1-9,24H,(H,21,22)(H,23,25). The van der Waals surface area contributed by atoms with Crippen molar-refractivity contribution in [1.82, 2.24) is 15.6 Å². The molecule has 25 heavy (non-hydrogen) atoms. The molecule has 0 atom stereocenters. The number of carbonyl (C=O) groups excluding carboxylic acids is 1. The third kappa shape index (κ3) is 4.10. The van der Waals surface area contributed by atoms with Crippen molar-refractivity contribution >= 4 is 28.1 Å². The third-order valence-electron chi connectivity index (χ3n) is 3.32. The minimum atomic E-state index is -0.494. The summed E-state index contributed by atoms with van der Waals surface area (Å²) in [4.78, 5) is 12.1. The zero-order valence-corrected chi connectivity index (χ0v) is 14.3.